The zero-order chi connectivity index (χ0) is 23.5. The van der Waals surface area contributed by atoms with Crippen LogP contribution in [0.5, 0.6) is 0 Å². The van der Waals surface area contributed by atoms with Crippen LogP contribution in [0.25, 0.3) is 11.3 Å². The number of benzene rings is 2. The molecule has 1 aliphatic heterocycles. The van der Waals surface area contributed by atoms with E-state index in [1.807, 2.05) is 22.8 Å². The number of aromatic nitrogens is 4. The monoisotopic (exact) mass is 480 g/mol. The van der Waals surface area contributed by atoms with Crippen molar-refractivity contribution in [2.24, 2.45) is 0 Å². The summed E-state index contributed by atoms with van der Waals surface area (Å²) in [6, 6.07) is 13.4. The molecule has 2 aromatic carbocycles. The summed E-state index contributed by atoms with van der Waals surface area (Å²) in [6.45, 7) is 3.01. The molecule has 0 unspecified atom stereocenters. The first-order valence-electron chi connectivity index (χ1n) is 10.9. The lowest BCUT2D eigenvalue weighted by atomic mass is 10.2. The molecule has 0 atom stereocenters. The largest absolute Gasteiger partial charge is 0.345 e. The van der Waals surface area contributed by atoms with Gasteiger partial charge < -0.3 is 9.88 Å². The Morgan fingerprint density at radius 2 is 1.79 bits per heavy atom. The Labute approximate surface area is 199 Å². The summed E-state index contributed by atoms with van der Waals surface area (Å²) in [6.07, 6.45) is 0.708. The molecule has 2 aromatic heterocycles. The van der Waals surface area contributed by atoms with Gasteiger partial charge in [-0.3, -0.25) is 9.69 Å². The fourth-order valence-electron chi connectivity index (χ4n) is 3.99. The van der Waals surface area contributed by atoms with Crippen molar-refractivity contribution in [3.05, 3.63) is 87.8 Å². The third kappa shape index (κ3) is 4.73. The minimum Gasteiger partial charge on any atom is -0.345 e. The highest BCUT2D eigenvalue weighted by Crippen LogP contribution is 2.23. The van der Waals surface area contributed by atoms with E-state index in [1.54, 1.807) is 11.3 Å². The van der Waals surface area contributed by atoms with Gasteiger partial charge in [-0.15, -0.1) is 21.5 Å². The lowest BCUT2D eigenvalue weighted by molar-refractivity contribution is 0.0941. The Bertz CT molecular complexity index is 1290. The molecular weight excluding hydrogens is 458 g/mol. The maximum absolute atomic E-state index is 13.9. The van der Waals surface area contributed by atoms with E-state index < -0.39 is 23.1 Å². The minimum atomic E-state index is -0.897. The topological polar surface area (TPSA) is 75.9 Å². The summed E-state index contributed by atoms with van der Waals surface area (Å²) in [5, 5.41) is 14.1. The molecule has 34 heavy (non-hydrogen) atoms. The molecule has 5 rings (SSSR count). The molecule has 0 saturated heterocycles. The van der Waals surface area contributed by atoms with Crippen molar-refractivity contribution in [3.8, 4) is 11.3 Å². The van der Waals surface area contributed by atoms with Gasteiger partial charge in [0.2, 0.25) is 0 Å². The molecule has 1 N–H and O–H groups in total. The van der Waals surface area contributed by atoms with E-state index in [9.17, 15) is 13.6 Å². The number of carbonyl (C=O) groups excluding carboxylic acids is 1. The molecule has 7 nitrogen and oxygen atoms in total. The SMILES string of the molecule is O=C(NCc1nnc2n1CCN(Cc1nc(-c3ccccc3)cs1)CC2)c1c(F)cccc1F. The number of fused-ring (bicyclic) bond motifs is 1. The molecule has 0 saturated carbocycles. The molecule has 1 aliphatic rings. The van der Waals surface area contributed by atoms with Crippen LogP contribution in [0.1, 0.15) is 27.0 Å². The van der Waals surface area contributed by atoms with Crippen LogP contribution in [0.3, 0.4) is 0 Å². The van der Waals surface area contributed by atoms with Gasteiger partial charge in [-0.2, -0.15) is 0 Å². The number of amides is 1. The van der Waals surface area contributed by atoms with Crippen LogP contribution < -0.4 is 5.32 Å². The van der Waals surface area contributed by atoms with Crippen molar-refractivity contribution in [1.82, 2.24) is 30.0 Å². The minimum absolute atomic E-state index is 0.0342. The third-order valence-corrected chi connectivity index (χ3v) is 6.61. The van der Waals surface area contributed by atoms with Crippen LogP contribution in [-0.2, 0) is 26.1 Å². The number of carbonyl (C=O) groups is 1. The lowest BCUT2D eigenvalue weighted by Crippen LogP contribution is -2.28. The molecule has 0 fully saturated rings. The van der Waals surface area contributed by atoms with E-state index in [4.69, 9.17) is 4.98 Å². The average Bonchev–Trinajstić information content (AvgIpc) is 3.41. The van der Waals surface area contributed by atoms with Crippen LogP contribution in [-0.4, -0.2) is 43.6 Å². The van der Waals surface area contributed by atoms with E-state index in [2.05, 4.69) is 37.9 Å². The Hall–Kier alpha value is -3.50. The predicted octanol–water partition coefficient (Wildman–Crippen LogP) is 3.67. The van der Waals surface area contributed by atoms with Gasteiger partial charge in [0.1, 0.15) is 28.0 Å². The van der Waals surface area contributed by atoms with Crippen molar-refractivity contribution in [2.45, 2.75) is 26.1 Å². The standard InChI is InChI=1S/C24H22F2N6OS/c25-17-7-4-8-18(26)23(17)24(33)27-13-21-30-29-20-9-10-31(11-12-32(20)21)14-22-28-19(15-34-22)16-5-2-1-3-6-16/h1-8,15H,9-14H2,(H,27,33). The second kappa shape index (κ2) is 9.78. The zero-order valence-corrected chi connectivity index (χ0v) is 19.1. The number of halogens is 2. The van der Waals surface area contributed by atoms with Crippen molar-refractivity contribution in [2.75, 3.05) is 13.1 Å². The Balaban J connectivity index is 1.21. The summed E-state index contributed by atoms with van der Waals surface area (Å²) in [5.74, 6) is -1.23. The number of hydrogen-bond donors (Lipinski definition) is 1. The van der Waals surface area contributed by atoms with Gasteiger partial charge in [0.15, 0.2) is 5.82 Å². The van der Waals surface area contributed by atoms with Crippen molar-refractivity contribution >= 4 is 17.2 Å². The average molecular weight is 481 g/mol. The molecule has 0 bridgehead atoms. The van der Waals surface area contributed by atoms with Crippen LogP contribution in [0.15, 0.2) is 53.9 Å². The van der Waals surface area contributed by atoms with Crippen molar-refractivity contribution in [1.29, 1.82) is 0 Å². The first kappa shape index (κ1) is 22.3. The predicted molar refractivity (Wildman–Crippen MR) is 124 cm³/mol. The molecule has 4 aromatic rings. The van der Waals surface area contributed by atoms with Gasteiger partial charge in [-0.1, -0.05) is 36.4 Å². The van der Waals surface area contributed by atoms with E-state index in [0.717, 1.165) is 53.9 Å². The van der Waals surface area contributed by atoms with Gasteiger partial charge >= 0.3 is 0 Å². The van der Waals surface area contributed by atoms with E-state index in [-0.39, 0.29) is 6.54 Å². The molecule has 3 heterocycles. The summed E-state index contributed by atoms with van der Waals surface area (Å²) in [7, 11) is 0. The van der Waals surface area contributed by atoms with Crippen molar-refractivity contribution in [3.63, 3.8) is 0 Å². The number of hydrogen-bond acceptors (Lipinski definition) is 6. The van der Waals surface area contributed by atoms with Crippen LogP contribution in [0, 0.1) is 11.6 Å². The highest BCUT2D eigenvalue weighted by Gasteiger charge is 2.21. The maximum Gasteiger partial charge on any atom is 0.257 e. The summed E-state index contributed by atoms with van der Waals surface area (Å²) in [4.78, 5) is 19.4. The maximum atomic E-state index is 13.9. The molecular formula is C24H22F2N6OS. The molecule has 0 aliphatic carbocycles. The summed E-state index contributed by atoms with van der Waals surface area (Å²) < 4.78 is 29.7. The van der Waals surface area contributed by atoms with E-state index in [0.29, 0.717) is 18.8 Å². The normalized spacial score (nSPS) is 13.9. The van der Waals surface area contributed by atoms with Gasteiger partial charge in [0, 0.05) is 37.0 Å². The van der Waals surface area contributed by atoms with Crippen LogP contribution >= 0.6 is 11.3 Å². The first-order valence-corrected chi connectivity index (χ1v) is 11.8. The highest BCUT2D eigenvalue weighted by molar-refractivity contribution is 7.09. The summed E-state index contributed by atoms with van der Waals surface area (Å²) >= 11 is 1.65. The van der Waals surface area contributed by atoms with Crippen LogP contribution in [0.4, 0.5) is 8.78 Å². The van der Waals surface area contributed by atoms with Gasteiger partial charge in [0.05, 0.1) is 18.8 Å². The molecule has 0 radical (unpaired) electrons. The van der Waals surface area contributed by atoms with Gasteiger partial charge in [0.25, 0.3) is 5.91 Å². The zero-order valence-electron chi connectivity index (χ0n) is 18.2. The number of nitrogens with one attached hydrogen (secondary N) is 1. The lowest BCUT2D eigenvalue weighted by Gasteiger charge is -2.18. The van der Waals surface area contributed by atoms with Crippen LogP contribution in [0.2, 0.25) is 0 Å². The second-order valence-electron chi connectivity index (χ2n) is 7.98. The number of rotatable bonds is 6. The fourth-order valence-corrected chi connectivity index (χ4v) is 4.84. The van der Waals surface area contributed by atoms with Crippen molar-refractivity contribution < 1.29 is 13.6 Å². The second-order valence-corrected chi connectivity index (χ2v) is 8.92. The third-order valence-electron chi connectivity index (χ3n) is 5.77. The van der Waals surface area contributed by atoms with Gasteiger partial charge in [-0.05, 0) is 12.1 Å². The Morgan fingerprint density at radius 3 is 2.59 bits per heavy atom. The molecule has 174 valence electrons. The smallest absolute Gasteiger partial charge is 0.257 e. The first-order chi connectivity index (χ1) is 16.6. The number of nitrogens with zero attached hydrogens (tertiary/aromatic N) is 5. The molecule has 0 spiro atoms. The Kier molecular flexibility index (Phi) is 6.41. The number of thiazole rings is 1. The Morgan fingerprint density at radius 1 is 1.00 bits per heavy atom. The van der Waals surface area contributed by atoms with E-state index in [1.165, 1.54) is 6.07 Å². The quantitative estimate of drug-likeness (QED) is 0.456. The fraction of sp³-hybridized carbons (Fsp3) is 0.250. The molecule has 1 amide bonds. The van der Waals surface area contributed by atoms with Gasteiger partial charge in [-0.25, -0.2) is 13.8 Å². The summed E-state index contributed by atoms with van der Waals surface area (Å²) in [5.41, 5.74) is 1.49. The molecule has 10 heteroatoms. The van der Waals surface area contributed by atoms with E-state index >= 15 is 0 Å². The highest BCUT2D eigenvalue weighted by atomic mass is 32.1.